The molecule has 0 amide bonds. The highest BCUT2D eigenvalue weighted by molar-refractivity contribution is 6.30. The average Bonchev–Trinajstić information content (AvgIpc) is 3.17. The highest BCUT2D eigenvalue weighted by Gasteiger charge is 2.53. The lowest BCUT2D eigenvalue weighted by Gasteiger charge is -2.19. The van der Waals surface area contributed by atoms with Gasteiger partial charge in [-0.15, -0.1) is 0 Å². The van der Waals surface area contributed by atoms with Crippen LogP contribution in [-0.2, 0) is 6.42 Å². The molecule has 1 nitrogen and oxygen atoms in total. The highest BCUT2D eigenvalue weighted by atomic mass is 35.5. The van der Waals surface area contributed by atoms with Crippen LogP contribution in [0.25, 0.3) is 0 Å². The minimum Gasteiger partial charge on any atom is -0.314 e. The van der Waals surface area contributed by atoms with Gasteiger partial charge in [-0.05, 0) is 55.2 Å². The maximum absolute atomic E-state index is 14.1. The van der Waals surface area contributed by atoms with Gasteiger partial charge in [0.2, 0.25) is 0 Å². The molecule has 2 aliphatic carbocycles. The molecule has 0 heterocycles. The molecule has 3 unspecified atom stereocenters. The molecule has 2 aliphatic rings. The van der Waals surface area contributed by atoms with Crippen molar-refractivity contribution >= 4 is 11.6 Å². The first-order valence-electron chi connectivity index (χ1n) is 7.88. The molecule has 0 aromatic heterocycles. The lowest BCUT2D eigenvalue weighted by molar-refractivity contribution is 0.430. The minimum atomic E-state index is -0.235. The SMILES string of the molecule is CCNC(Cc1cccc(Cl)c1F)C1C2CCCCC21. The first-order chi connectivity index (χ1) is 9.72. The number of halogens is 2. The van der Waals surface area contributed by atoms with Crippen molar-refractivity contribution in [3.8, 4) is 0 Å². The van der Waals surface area contributed by atoms with E-state index in [1.807, 2.05) is 12.1 Å². The van der Waals surface area contributed by atoms with Crippen LogP contribution in [0.2, 0.25) is 5.02 Å². The van der Waals surface area contributed by atoms with E-state index < -0.39 is 0 Å². The monoisotopic (exact) mass is 295 g/mol. The molecule has 0 aliphatic heterocycles. The third kappa shape index (κ3) is 2.73. The van der Waals surface area contributed by atoms with Crippen molar-refractivity contribution in [1.29, 1.82) is 0 Å². The fraction of sp³-hybridized carbons (Fsp3) is 0.647. The van der Waals surface area contributed by atoms with Crippen molar-refractivity contribution in [3.05, 3.63) is 34.6 Å². The smallest absolute Gasteiger partial charge is 0.145 e. The Morgan fingerprint density at radius 2 is 2.00 bits per heavy atom. The zero-order chi connectivity index (χ0) is 14.1. The van der Waals surface area contributed by atoms with Crippen LogP contribution in [0.5, 0.6) is 0 Å². The van der Waals surface area contributed by atoms with Gasteiger partial charge in [-0.3, -0.25) is 0 Å². The van der Waals surface area contributed by atoms with Crippen LogP contribution in [-0.4, -0.2) is 12.6 Å². The summed E-state index contributed by atoms with van der Waals surface area (Å²) in [5.41, 5.74) is 0.757. The topological polar surface area (TPSA) is 12.0 Å². The Labute approximate surface area is 125 Å². The number of nitrogens with one attached hydrogen (secondary N) is 1. The summed E-state index contributed by atoms with van der Waals surface area (Å²) in [6, 6.07) is 5.75. The van der Waals surface area contributed by atoms with Gasteiger partial charge in [0.05, 0.1) is 5.02 Å². The standard InChI is InChI=1S/C17H23ClFN/c1-2-20-15(16-12-7-3-4-8-13(12)16)10-11-6-5-9-14(18)17(11)19/h5-6,9,12-13,15-16,20H,2-4,7-8,10H2,1H3. The Morgan fingerprint density at radius 1 is 1.30 bits per heavy atom. The van der Waals surface area contributed by atoms with E-state index in [1.54, 1.807) is 6.07 Å². The van der Waals surface area contributed by atoms with Crippen molar-refractivity contribution in [1.82, 2.24) is 5.32 Å². The fourth-order valence-corrected chi connectivity index (χ4v) is 4.39. The third-order valence-electron chi connectivity index (χ3n) is 5.13. The van der Waals surface area contributed by atoms with Gasteiger partial charge < -0.3 is 5.32 Å². The maximum atomic E-state index is 14.1. The van der Waals surface area contributed by atoms with Crippen molar-refractivity contribution in [2.75, 3.05) is 6.54 Å². The summed E-state index contributed by atoms with van der Waals surface area (Å²) >= 11 is 5.90. The van der Waals surface area contributed by atoms with E-state index in [9.17, 15) is 4.39 Å². The zero-order valence-electron chi connectivity index (χ0n) is 12.0. The highest BCUT2D eigenvalue weighted by Crippen LogP contribution is 2.57. The van der Waals surface area contributed by atoms with Gasteiger partial charge in [0.15, 0.2) is 0 Å². The summed E-state index contributed by atoms with van der Waals surface area (Å²) in [5, 5.41) is 3.83. The molecular weight excluding hydrogens is 273 g/mol. The first kappa shape index (κ1) is 14.3. The average molecular weight is 296 g/mol. The van der Waals surface area contributed by atoms with Crippen LogP contribution >= 0.6 is 11.6 Å². The van der Waals surface area contributed by atoms with E-state index in [1.165, 1.54) is 25.7 Å². The summed E-state index contributed by atoms with van der Waals surface area (Å²) in [7, 11) is 0. The summed E-state index contributed by atoms with van der Waals surface area (Å²) in [4.78, 5) is 0. The molecule has 0 saturated heterocycles. The summed E-state index contributed by atoms with van der Waals surface area (Å²) in [5.74, 6) is 2.28. The van der Waals surface area contributed by atoms with Gasteiger partial charge in [0.1, 0.15) is 5.82 Å². The molecule has 1 aromatic carbocycles. The Kier molecular flexibility index (Phi) is 4.32. The second-order valence-electron chi connectivity index (χ2n) is 6.27. The molecule has 1 N–H and O–H groups in total. The molecule has 0 radical (unpaired) electrons. The van der Waals surface area contributed by atoms with Crippen molar-refractivity contribution in [2.24, 2.45) is 17.8 Å². The van der Waals surface area contributed by atoms with E-state index >= 15 is 0 Å². The van der Waals surface area contributed by atoms with Crippen molar-refractivity contribution in [3.63, 3.8) is 0 Å². The number of rotatable bonds is 5. The number of fused-ring (bicyclic) bond motifs is 1. The van der Waals surface area contributed by atoms with Crippen molar-refractivity contribution in [2.45, 2.75) is 45.1 Å². The normalized spacial score (nSPS) is 29.9. The van der Waals surface area contributed by atoms with Gasteiger partial charge in [-0.1, -0.05) is 43.5 Å². The first-order valence-corrected chi connectivity index (χ1v) is 8.26. The molecule has 0 spiro atoms. The van der Waals surface area contributed by atoms with Gasteiger partial charge in [-0.2, -0.15) is 0 Å². The fourth-order valence-electron chi connectivity index (χ4n) is 4.19. The van der Waals surface area contributed by atoms with Gasteiger partial charge in [0, 0.05) is 6.04 Å². The number of hydrogen-bond acceptors (Lipinski definition) is 1. The maximum Gasteiger partial charge on any atom is 0.145 e. The Balaban J connectivity index is 1.73. The van der Waals surface area contributed by atoms with E-state index in [0.29, 0.717) is 6.04 Å². The van der Waals surface area contributed by atoms with E-state index in [-0.39, 0.29) is 10.8 Å². The molecule has 1 aromatic rings. The van der Waals surface area contributed by atoms with Crippen LogP contribution in [0.4, 0.5) is 4.39 Å². The largest absolute Gasteiger partial charge is 0.314 e. The van der Waals surface area contributed by atoms with E-state index in [4.69, 9.17) is 11.6 Å². The van der Waals surface area contributed by atoms with Crippen LogP contribution < -0.4 is 5.32 Å². The Bertz CT molecular complexity index is 464. The van der Waals surface area contributed by atoms with E-state index in [2.05, 4.69) is 12.2 Å². The second-order valence-corrected chi connectivity index (χ2v) is 6.68. The quantitative estimate of drug-likeness (QED) is 0.847. The lowest BCUT2D eigenvalue weighted by atomic mass is 9.99. The molecule has 3 atom stereocenters. The third-order valence-corrected chi connectivity index (χ3v) is 5.42. The minimum absolute atomic E-state index is 0.235. The molecule has 110 valence electrons. The summed E-state index contributed by atoms with van der Waals surface area (Å²) in [6.45, 7) is 3.08. The van der Waals surface area contributed by atoms with Crippen LogP contribution in [0.1, 0.15) is 38.2 Å². The van der Waals surface area contributed by atoms with Crippen LogP contribution in [0, 0.1) is 23.6 Å². The molecule has 2 fully saturated rings. The van der Waals surface area contributed by atoms with E-state index in [0.717, 1.165) is 36.3 Å². The predicted octanol–water partition coefficient (Wildman–Crippen LogP) is 4.44. The second kappa shape index (κ2) is 6.03. The van der Waals surface area contributed by atoms with Gasteiger partial charge in [-0.25, -0.2) is 4.39 Å². The summed E-state index contributed by atoms with van der Waals surface area (Å²) in [6.07, 6.45) is 6.26. The molecular formula is C17H23ClFN. The molecule has 2 saturated carbocycles. The molecule has 0 bridgehead atoms. The van der Waals surface area contributed by atoms with Gasteiger partial charge >= 0.3 is 0 Å². The van der Waals surface area contributed by atoms with Crippen molar-refractivity contribution < 1.29 is 4.39 Å². The zero-order valence-corrected chi connectivity index (χ0v) is 12.8. The summed E-state index contributed by atoms with van der Waals surface area (Å²) < 4.78 is 14.1. The number of benzene rings is 1. The van der Waals surface area contributed by atoms with Gasteiger partial charge in [0.25, 0.3) is 0 Å². The Morgan fingerprint density at radius 3 is 2.65 bits per heavy atom. The molecule has 3 heteroatoms. The van der Waals surface area contributed by atoms with Crippen LogP contribution in [0.15, 0.2) is 18.2 Å². The number of hydrogen-bond donors (Lipinski definition) is 1. The number of likely N-dealkylation sites (N-methyl/N-ethyl adjacent to an activating group) is 1. The predicted molar refractivity (Wildman–Crippen MR) is 81.5 cm³/mol. The molecule has 3 rings (SSSR count). The van der Waals surface area contributed by atoms with Crippen LogP contribution in [0.3, 0.4) is 0 Å². The molecule has 20 heavy (non-hydrogen) atoms. The Hall–Kier alpha value is -0.600. The lowest BCUT2D eigenvalue weighted by Crippen LogP contribution is -2.34.